The Kier molecular flexibility index (Phi) is 5.62. The van der Waals surface area contributed by atoms with Crippen LogP contribution in [0.1, 0.15) is 19.4 Å². The van der Waals surface area contributed by atoms with Gasteiger partial charge < -0.3 is 5.73 Å². The largest absolute Gasteiger partial charge is 0.320 e. The molecule has 0 aliphatic rings. The molecule has 4 nitrogen and oxygen atoms in total. The maximum absolute atomic E-state index is 13.9. The van der Waals surface area contributed by atoms with Crippen LogP contribution in [0.5, 0.6) is 0 Å². The Hall–Kier alpha value is -1.49. The van der Waals surface area contributed by atoms with E-state index in [9.17, 15) is 17.2 Å². The fraction of sp³-hybridized carbons (Fsp3) is 0.385. The Morgan fingerprint density at radius 3 is 2.35 bits per heavy atom. The Morgan fingerprint density at radius 2 is 1.85 bits per heavy atom. The Labute approximate surface area is 117 Å². The third-order valence-electron chi connectivity index (χ3n) is 2.64. The summed E-state index contributed by atoms with van der Waals surface area (Å²) in [6, 6.07) is 1.42. The highest BCUT2D eigenvalue weighted by molar-refractivity contribution is 7.89. The van der Waals surface area contributed by atoms with E-state index in [1.807, 2.05) is 0 Å². The van der Waals surface area contributed by atoms with E-state index in [0.29, 0.717) is 6.07 Å². The summed E-state index contributed by atoms with van der Waals surface area (Å²) in [5.41, 5.74) is 4.98. The van der Waals surface area contributed by atoms with Crippen molar-refractivity contribution >= 4 is 10.0 Å². The van der Waals surface area contributed by atoms with Crippen molar-refractivity contribution in [2.75, 3.05) is 19.6 Å². The van der Waals surface area contributed by atoms with Gasteiger partial charge in [-0.2, -0.15) is 4.31 Å². The lowest BCUT2D eigenvalue weighted by Crippen LogP contribution is -2.32. The Bertz CT molecular complexity index is 644. The van der Waals surface area contributed by atoms with E-state index in [-0.39, 0.29) is 25.2 Å². The van der Waals surface area contributed by atoms with Crippen molar-refractivity contribution in [3.05, 3.63) is 29.3 Å². The van der Waals surface area contributed by atoms with Gasteiger partial charge in [0.1, 0.15) is 16.5 Å². The Morgan fingerprint density at radius 1 is 1.25 bits per heavy atom. The zero-order chi connectivity index (χ0) is 15.3. The molecule has 0 heterocycles. The summed E-state index contributed by atoms with van der Waals surface area (Å²) in [7, 11) is -4.06. The monoisotopic (exact) mass is 302 g/mol. The molecule has 0 atom stereocenters. The third kappa shape index (κ3) is 3.33. The number of nitrogens with two attached hydrogens (primary N) is 1. The SMILES string of the molecule is CCN(CC)S(=O)(=O)c1c(F)cc(F)cc1C#CCN. The van der Waals surface area contributed by atoms with Crippen LogP contribution in [-0.2, 0) is 10.0 Å². The number of hydrogen-bond donors (Lipinski definition) is 1. The van der Waals surface area contributed by atoms with Crippen LogP contribution >= 0.6 is 0 Å². The minimum absolute atomic E-state index is 0.0388. The normalized spacial score (nSPS) is 11.3. The molecule has 0 amide bonds. The first kappa shape index (κ1) is 16.6. The van der Waals surface area contributed by atoms with Crippen molar-refractivity contribution < 1.29 is 17.2 Å². The zero-order valence-electron chi connectivity index (χ0n) is 11.3. The molecule has 2 N–H and O–H groups in total. The molecule has 0 aromatic heterocycles. The van der Waals surface area contributed by atoms with E-state index in [2.05, 4.69) is 11.8 Å². The van der Waals surface area contributed by atoms with Gasteiger partial charge in [0.2, 0.25) is 10.0 Å². The second-order valence-electron chi connectivity index (χ2n) is 3.86. The molecule has 0 radical (unpaired) electrons. The molecule has 0 saturated heterocycles. The number of sulfonamides is 1. The summed E-state index contributed by atoms with van der Waals surface area (Å²) in [5, 5.41) is 0. The van der Waals surface area contributed by atoms with Crippen LogP contribution < -0.4 is 5.73 Å². The van der Waals surface area contributed by atoms with Crippen LogP contribution in [0.4, 0.5) is 8.78 Å². The molecule has 20 heavy (non-hydrogen) atoms. The summed E-state index contributed by atoms with van der Waals surface area (Å²) in [4.78, 5) is -0.608. The van der Waals surface area contributed by atoms with Crippen LogP contribution in [0.15, 0.2) is 17.0 Å². The van der Waals surface area contributed by atoms with Crippen molar-refractivity contribution in [1.29, 1.82) is 0 Å². The maximum atomic E-state index is 13.9. The number of rotatable bonds is 4. The molecule has 7 heteroatoms. The molecule has 0 unspecified atom stereocenters. The average molecular weight is 302 g/mol. The third-order valence-corrected chi connectivity index (χ3v) is 4.76. The van der Waals surface area contributed by atoms with Gasteiger partial charge in [0.05, 0.1) is 12.1 Å². The van der Waals surface area contributed by atoms with E-state index in [0.717, 1.165) is 10.4 Å². The van der Waals surface area contributed by atoms with Gasteiger partial charge in [-0.25, -0.2) is 17.2 Å². The van der Waals surface area contributed by atoms with Crippen molar-refractivity contribution in [3.8, 4) is 11.8 Å². The van der Waals surface area contributed by atoms with Gasteiger partial charge in [-0.05, 0) is 6.07 Å². The highest BCUT2D eigenvalue weighted by Gasteiger charge is 2.28. The van der Waals surface area contributed by atoms with Crippen LogP contribution in [-0.4, -0.2) is 32.4 Å². The number of benzene rings is 1. The van der Waals surface area contributed by atoms with E-state index >= 15 is 0 Å². The zero-order valence-corrected chi connectivity index (χ0v) is 12.1. The van der Waals surface area contributed by atoms with Crippen LogP contribution in [0.25, 0.3) is 0 Å². The second kappa shape index (κ2) is 6.79. The number of hydrogen-bond acceptors (Lipinski definition) is 3. The molecule has 110 valence electrons. The summed E-state index contributed by atoms with van der Waals surface area (Å²) >= 11 is 0. The number of halogens is 2. The molecule has 0 aliphatic carbocycles. The molecular formula is C13H16F2N2O2S. The fourth-order valence-electron chi connectivity index (χ4n) is 1.75. The molecule has 0 spiro atoms. The predicted octanol–water partition coefficient (Wildman–Crippen LogP) is 1.31. The van der Waals surface area contributed by atoms with E-state index in [1.54, 1.807) is 13.8 Å². The van der Waals surface area contributed by atoms with Gasteiger partial charge in [0.15, 0.2) is 0 Å². The van der Waals surface area contributed by atoms with Gasteiger partial charge in [-0.15, -0.1) is 0 Å². The van der Waals surface area contributed by atoms with Crippen molar-refractivity contribution in [3.63, 3.8) is 0 Å². The van der Waals surface area contributed by atoms with Gasteiger partial charge in [0.25, 0.3) is 0 Å². The molecule has 1 aromatic rings. The second-order valence-corrected chi connectivity index (χ2v) is 5.73. The van der Waals surface area contributed by atoms with Gasteiger partial charge in [-0.3, -0.25) is 0 Å². The fourth-order valence-corrected chi connectivity index (χ4v) is 3.39. The molecule has 1 aromatic carbocycles. The van der Waals surface area contributed by atoms with Crippen molar-refractivity contribution in [1.82, 2.24) is 4.31 Å². The molecule has 0 bridgehead atoms. The molecule has 0 fully saturated rings. The van der Waals surface area contributed by atoms with E-state index in [4.69, 9.17) is 5.73 Å². The standard InChI is InChI=1S/C13H16F2N2O2S/c1-3-17(4-2)20(18,19)13-10(6-5-7-16)8-11(14)9-12(13)15/h8-9H,3-4,7,16H2,1-2H3. The summed E-state index contributed by atoms with van der Waals surface area (Å²) < 4.78 is 53.0. The molecule has 0 saturated carbocycles. The van der Waals surface area contributed by atoms with Crippen molar-refractivity contribution in [2.24, 2.45) is 5.73 Å². The van der Waals surface area contributed by atoms with Crippen LogP contribution in [0.3, 0.4) is 0 Å². The molecule has 1 rings (SSSR count). The topological polar surface area (TPSA) is 63.4 Å². The molecule has 0 aliphatic heterocycles. The van der Waals surface area contributed by atoms with E-state index < -0.39 is 26.6 Å². The highest BCUT2D eigenvalue weighted by Crippen LogP contribution is 2.24. The summed E-state index contributed by atoms with van der Waals surface area (Å²) in [6.07, 6.45) is 0. The Balaban J connectivity index is 3.58. The first-order valence-electron chi connectivity index (χ1n) is 6.06. The maximum Gasteiger partial charge on any atom is 0.247 e. The summed E-state index contributed by atoms with van der Waals surface area (Å²) in [6.45, 7) is 3.59. The van der Waals surface area contributed by atoms with Crippen molar-refractivity contribution in [2.45, 2.75) is 18.7 Å². The van der Waals surface area contributed by atoms with Gasteiger partial charge >= 0.3 is 0 Å². The lowest BCUT2D eigenvalue weighted by atomic mass is 10.2. The number of nitrogens with zero attached hydrogens (tertiary/aromatic N) is 1. The first-order valence-corrected chi connectivity index (χ1v) is 7.50. The lowest BCUT2D eigenvalue weighted by molar-refractivity contribution is 0.439. The minimum atomic E-state index is -4.06. The average Bonchev–Trinajstić information content (AvgIpc) is 2.36. The highest BCUT2D eigenvalue weighted by atomic mass is 32.2. The van der Waals surface area contributed by atoms with Gasteiger partial charge in [-0.1, -0.05) is 25.7 Å². The quantitative estimate of drug-likeness (QED) is 0.853. The smallest absolute Gasteiger partial charge is 0.247 e. The van der Waals surface area contributed by atoms with E-state index in [1.165, 1.54) is 0 Å². The van der Waals surface area contributed by atoms with Crippen LogP contribution in [0.2, 0.25) is 0 Å². The minimum Gasteiger partial charge on any atom is -0.320 e. The predicted molar refractivity (Wildman–Crippen MR) is 72.4 cm³/mol. The molecular weight excluding hydrogens is 286 g/mol. The lowest BCUT2D eigenvalue weighted by Gasteiger charge is -2.19. The van der Waals surface area contributed by atoms with Gasteiger partial charge in [0, 0.05) is 19.2 Å². The first-order chi connectivity index (χ1) is 9.38. The van der Waals surface area contributed by atoms with Crippen LogP contribution in [0, 0.1) is 23.5 Å². The summed E-state index contributed by atoms with van der Waals surface area (Å²) in [5.74, 6) is 2.77.